The van der Waals surface area contributed by atoms with E-state index in [0.29, 0.717) is 16.3 Å². The maximum Gasteiger partial charge on any atom is 0.282 e. The third-order valence-electron chi connectivity index (χ3n) is 3.59. The highest BCUT2D eigenvalue weighted by molar-refractivity contribution is 7.98. The molecule has 0 atom stereocenters. The zero-order chi connectivity index (χ0) is 18.9. The minimum absolute atomic E-state index is 0.0423. The van der Waals surface area contributed by atoms with Gasteiger partial charge in [0.15, 0.2) is 0 Å². The van der Waals surface area contributed by atoms with Gasteiger partial charge in [0.1, 0.15) is 0 Å². The Morgan fingerprint density at radius 2 is 1.85 bits per heavy atom. The monoisotopic (exact) mass is 409 g/mol. The number of aromatic nitrogens is 2. The van der Waals surface area contributed by atoms with Gasteiger partial charge in [-0.05, 0) is 42.7 Å². The van der Waals surface area contributed by atoms with E-state index < -0.39 is 14.9 Å². The number of nitrogens with zero attached hydrogens (tertiary/aromatic N) is 3. The number of hydrogen-bond donors (Lipinski definition) is 0. The molecule has 0 amide bonds. The molecule has 3 rings (SSSR count). The standard InChI is InChI=1S/C16H12ClN3O4S2/c1-25-16-7-4-12(20(21)22)10-14(16)15-8-9-19(18-15)26(23,24)13-5-2-11(17)3-6-13/h2-10H,1H3. The van der Waals surface area contributed by atoms with Gasteiger partial charge in [-0.2, -0.15) is 17.6 Å². The van der Waals surface area contributed by atoms with Gasteiger partial charge in [-0.25, -0.2) is 0 Å². The molecule has 0 spiro atoms. The van der Waals surface area contributed by atoms with E-state index in [-0.39, 0.29) is 10.6 Å². The smallest absolute Gasteiger partial charge is 0.258 e. The molecule has 0 aliphatic heterocycles. The Morgan fingerprint density at radius 3 is 2.46 bits per heavy atom. The van der Waals surface area contributed by atoms with Crippen molar-refractivity contribution >= 4 is 39.1 Å². The molecule has 0 unspecified atom stereocenters. The summed E-state index contributed by atoms with van der Waals surface area (Å²) in [5, 5.41) is 15.6. The number of thioether (sulfide) groups is 1. The summed E-state index contributed by atoms with van der Waals surface area (Å²) in [6, 6.07) is 11.6. The fraction of sp³-hybridized carbons (Fsp3) is 0.0625. The third kappa shape index (κ3) is 3.46. The quantitative estimate of drug-likeness (QED) is 0.358. The number of non-ortho nitro benzene ring substituents is 1. The van der Waals surface area contributed by atoms with Crippen LogP contribution in [0.25, 0.3) is 11.3 Å². The van der Waals surface area contributed by atoms with Gasteiger partial charge >= 0.3 is 0 Å². The molecule has 10 heteroatoms. The first kappa shape index (κ1) is 18.4. The van der Waals surface area contributed by atoms with Crippen LogP contribution >= 0.6 is 23.4 Å². The first-order valence-electron chi connectivity index (χ1n) is 7.22. The molecule has 0 fully saturated rings. The molecule has 0 N–H and O–H groups in total. The van der Waals surface area contributed by atoms with Gasteiger partial charge in [0, 0.05) is 33.8 Å². The lowest BCUT2D eigenvalue weighted by molar-refractivity contribution is -0.384. The first-order chi connectivity index (χ1) is 12.3. The molecule has 0 saturated heterocycles. The normalized spacial score (nSPS) is 11.5. The van der Waals surface area contributed by atoms with Crippen LogP contribution in [0.15, 0.2) is 64.5 Å². The van der Waals surface area contributed by atoms with Crippen LogP contribution in [-0.2, 0) is 10.0 Å². The first-order valence-corrected chi connectivity index (χ1v) is 10.3. The Hall–Kier alpha value is -2.36. The topological polar surface area (TPSA) is 95.1 Å². The van der Waals surface area contributed by atoms with Crippen molar-refractivity contribution in [2.75, 3.05) is 6.26 Å². The van der Waals surface area contributed by atoms with Gasteiger partial charge < -0.3 is 0 Å². The van der Waals surface area contributed by atoms with E-state index in [1.165, 1.54) is 60.4 Å². The van der Waals surface area contributed by atoms with Crippen molar-refractivity contribution in [3.05, 3.63) is 69.9 Å². The average Bonchev–Trinajstić information content (AvgIpc) is 3.12. The van der Waals surface area contributed by atoms with Gasteiger partial charge in [-0.15, -0.1) is 11.8 Å². The van der Waals surface area contributed by atoms with Gasteiger partial charge in [-0.3, -0.25) is 10.1 Å². The van der Waals surface area contributed by atoms with Gasteiger partial charge in [0.25, 0.3) is 15.7 Å². The Balaban J connectivity index is 2.06. The molecular formula is C16H12ClN3O4S2. The van der Waals surface area contributed by atoms with Crippen molar-refractivity contribution in [1.29, 1.82) is 0 Å². The van der Waals surface area contributed by atoms with E-state index in [1.54, 1.807) is 6.07 Å². The van der Waals surface area contributed by atoms with Gasteiger partial charge in [-0.1, -0.05) is 11.6 Å². The lowest BCUT2D eigenvalue weighted by Gasteiger charge is -2.06. The fourth-order valence-electron chi connectivity index (χ4n) is 2.31. The van der Waals surface area contributed by atoms with Crippen LogP contribution in [0.1, 0.15) is 0 Å². The number of hydrogen-bond acceptors (Lipinski definition) is 6. The van der Waals surface area contributed by atoms with Crippen LogP contribution in [0.3, 0.4) is 0 Å². The van der Waals surface area contributed by atoms with Crippen molar-refractivity contribution in [2.45, 2.75) is 9.79 Å². The summed E-state index contributed by atoms with van der Waals surface area (Å²) in [7, 11) is -3.88. The molecule has 26 heavy (non-hydrogen) atoms. The van der Waals surface area contributed by atoms with E-state index in [2.05, 4.69) is 5.10 Å². The fourth-order valence-corrected chi connectivity index (χ4v) is 4.14. The van der Waals surface area contributed by atoms with Crippen LogP contribution < -0.4 is 0 Å². The highest BCUT2D eigenvalue weighted by Gasteiger charge is 2.20. The number of rotatable bonds is 5. The number of nitro benzene ring substituents is 1. The third-order valence-corrected chi connectivity index (χ3v) is 6.21. The van der Waals surface area contributed by atoms with Crippen LogP contribution in [0.2, 0.25) is 5.02 Å². The van der Waals surface area contributed by atoms with E-state index >= 15 is 0 Å². The van der Waals surface area contributed by atoms with Crippen molar-refractivity contribution < 1.29 is 13.3 Å². The summed E-state index contributed by atoms with van der Waals surface area (Å²) in [6.45, 7) is 0. The molecular weight excluding hydrogens is 398 g/mol. The second-order valence-electron chi connectivity index (χ2n) is 5.17. The summed E-state index contributed by atoms with van der Waals surface area (Å²) in [5.41, 5.74) is 0.736. The maximum absolute atomic E-state index is 12.7. The number of halogens is 1. The summed E-state index contributed by atoms with van der Waals surface area (Å²) >= 11 is 7.18. The molecule has 0 saturated carbocycles. The average molecular weight is 410 g/mol. The SMILES string of the molecule is CSc1ccc([N+](=O)[O-])cc1-c1ccn(S(=O)(=O)c2ccc(Cl)cc2)n1. The zero-order valence-corrected chi connectivity index (χ0v) is 15.8. The molecule has 1 aromatic heterocycles. The molecule has 0 aliphatic rings. The molecule has 3 aromatic rings. The predicted octanol–water partition coefficient (Wildman–Crippen LogP) is 4.07. The van der Waals surface area contributed by atoms with Gasteiger partial charge in [0.2, 0.25) is 0 Å². The number of benzene rings is 2. The summed E-state index contributed by atoms with van der Waals surface area (Å²) in [5.74, 6) is 0. The molecule has 1 heterocycles. The molecule has 2 aromatic carbocycles. The minimum Gasteiger partial charge on any atom is -0.258 e. The van der Waals surface area contributed by atoms with E-state index in [1.807, 2.05) is 6.26 Å². The lowest BCUT2D eigenvalue weighted by atomic mass is 10.1. The zero-order valence-electron chi connectivity index (χ0n) is 13.4. The summed E-state index contributed by atoms with van der Waals surface area (Å²) < 4.78 is 26.2. The molecule has 134 valence electrons. The highest BCUT2D eigenvalue weighted by atomic mass is 35.5. The Bertz CT molecular complexity index is 1080. The largest absolute Gasteiger partial charge is 0.282 e. The number of nitro groups is 1. The second-order valence-corrected chi connectivity index (χ2v) is 8.25. The molecule has 7 nitrogen and oxygen atoms in total. The summed E-state index contributed by atoms with van der Waals surface area (Å²) in [6.07, 6.45) is 3.13. The van der Waals surface area contributed by atoms with Crippen LogP contribution in [-0.4, -0.2) is 28.8 Å². The van der Waals surface area contributed by atoms with E-state index in [0.717, 1.165) is 8.98 Å². The summed E-state index contributed by atoms with van der Waals surface area (Å²) in [4.78, 5) is 11.3. The van der Waals surface area contributed by atoms with Crippen molar-refractivity contribution in [2.24, 2.45) is 0 Å². The maximum atomic E-state index is 12.7. The molecule has 0 radical (unpaired) electrons. The van der Waals surface area contributed by atoms with Crippen LogP contribution in [0.5, 0.6) is 0 Å². The Labute approximate surface area is 158 Å². The molecule has 0 bridgehead atoms. The Morgan fingerprint density at radius 1 is 1.15 bits per heavy atom. The minimum atomic E-state index is -3.88. The Kier molecular flexibility index (Phi) is 5.03. The van der Waals surface area contributed by atoms with E-state index in [9.17, 15) is 18.5 Å². The van der Waals surface area contributed by atoms with Crippen molar-refractivity contribution in [1.82, 2.24) is 9.19 Å². The highest BCUT2D eigenvalue weighted by Crippen LogP contribution is 2.32. The van der Waals surface area contributed by atoms with Crippen molar-refractivity contribution in [3.8, 4) is 11.3 Å². The predicted molar refractivity (Wildman–Crippen MR) is 100 cm³/mol. The second kappa shape index (κ2) is 7.10. The van der Waals surface area contributed by atoms with Crippen LogP contribution in [0.4, 0.5) is 5.69 Å². The van der Waals surface area contributed by atoms with Crippen LogP contribution in [0, 0.1) is 10.1 Å². The van der Waals surface area contributed by atoms with Crippen molar-refractivity contribution in [3.63, 3.8) is 0 Å². The van der Waals surface area contributed by atoms with E-state index in [4.69, 9.17) is 11.6 Å². The molecule has 0 aliphatic carbocycles. The lowest BCUT2D eigenvalue weighted by Crippen LogP contribution is -2.13. The van der Waals surface area contributed by atoms with Gasteiger partial charge in [0.05, 0.1) is 15.5 Å².